The maximum Gasteiger partial charge on any atom is 0.317 e. The third kappa shape index (κ3) is 4.50. The van der Waals surface area contributed by atoms with E-state index in [1.54, 1.807) is 18.5 Å². The predicted molar refractivity (Wildman–Crippen MR) is 89.8 cm³/mol. The highest BCUT2D eigenvalue weighted by molar-refractivity contribution is 6.31. The average molecular weight is 338 g/mol. The largest absolute Gasteiger partial charge is 0.492 e. The van der Waals surface area contributed by atoms with E-state index in [1.165, 1.54) is 12.8 Å². The quantitative estimate of drug-likeness (QED) is 0.915. The highest BCUT2D eigenvalue weighted by Crippen LogP contribution is 2.25. The Morgan fingerprint density at radius 2 is 2.04 bits per heavy atom. The lowest BCUT2D eigenvalue weighted by Crippen LogP contribution is -2.47. The monoisotopic (exact) mass is 337 g/mol. The molecule has 2 aliphatic rings. The molecule has 2 heterocycles. The Bertz CT molecular complexity index is 526. The Labute approximate surface area is 142 Å². The molecule has 0 aromatic carbocycles. The van der Waals surface area contributed by atoms with E-state index >= 15 is 0 Å². The van der Waals surface area contributed by atoms with Crippen LogP contribution in [0.5, 0.6) is 5.75 Å². The number of likely N-dealkylation sites (tertiary alicyclic amines) is 1. The molecule has 126 valence electrons. The van der Waals surface area contributed by atoms with Gasteiger partial charge in [0.1, 0.15) is 10.8 Å². The maximum atomic E-state index is 12.2. The molecule has 0 radical (unpaired) electrons. The fourth-order valence-electron chi connectivity index (χ4n) is 3.33. The Hall–Kier alpha value is -1.49. The molecule has 1 aliphatic heterocycles. The second-order valence-corrected chi connectivity index (χ2v) is 6.89. The topological polar surface area (TPSA) is 54.5 Å². The number of carbonyl (C=O) groups excluding carboxylic acids is 1. The molecular weight excluding hydrogens is 314 g/mol. The summed E-state index contributed by atoms with van der Waals surface area (Å²) in [5.74, 6) is 1.15. The van der Waals surface area contributed by atoms with Gasteiger partial charge in [-0.25, -0.2) is 4.79 Å². The van der Waals surface area contributed by atoms with Crippen molar-refractivity contribution in [2.75, 3.05) is 19.7 Å². The molecule has 3 rings (SSSR count). The van der Waals surface area contributed by atoms with E-state index in [0.29, 0.717) is 29.3 Å². The van der Waals surface area contributed by atoms with E-state index in [2.05, 4.69) is 10.3 Å². The first kappa shape index (κ1) is 16.4. The molecule has 1 aromatic heterocycles. The number of amides is 2. The number of urea groups is 1. The summed E-state index contributed by atoms with van der Waals surface area (Å²) in [4.78, 5) is 18.1. The summed E-state index contributed by atoms with van der Waals surface area (Å²) in [5.41, 5.74) is 0. The number of nitrogens with one attached hydrogen (secondary N) is 1. The van der Waals surface area contributed by atoms with E-state index in [9.17, 15) is 4.79 Å². The molecule has 0 bridgehead atoms. The van der Waals surface area contributed by atoms with Gasteiger partial charge in [0, 0.05) is 37.6 Å². The SMILES string of the molecule is O=C(NC1CCCC1)N1CCC(COc2ccncc2Cl)CC1. The first-order valence-electron chi connectivity index (χ1n) is 8.50. The van der Waals surface area contributed by atoms with Gasteiger partial charge in [-0.2, -0.15) is 0 Å². The standard InChI is InChI=1S/C17H24ClN3O2/c18-15-11-19-8-5-16(15)23-12-13-6-9-21(10-7-13)17(22)20-14-3-1-2-4-14/h5,8,11,13-14H,1-4,6-7,9-10,12H2,(H,20,22). The summed E-state index contributed by atoms with van der Waals surface area (Å²) in [6.07, 6.45) is 9.95. The lowest BCUT2D eigenvalue weighted by atomic mass is 9.98. The van der Waals surface area contributed by atoms with Gasteiger partial charge < -0.3 is 15.0 Å². The molecule has 1 aromatic rings. The van der Waals surface area contributed by atoms with Gasteiger partial charge in [-0.05, 0) is 31.6 Å². The van der Waals surface area contributed by atoms with Crippen LogP contribution in [0.4, 0.5) is 4.79 Å². The first-order valence-corrected chi connectivity index (χ1v) is 8.88. The number of ether oxygens (including phenoxy) is 1. The molecule has 2 fully saturated rings. The first-order chi connectivity index (χ1) is 11.2. The zero-order valence-corrected chi connectivity index (χ0v) is 14.1. The van der Waals surface area contributed by atoms with Crippen LogP contribution in [0.3, 0.4) is 0 Å². The lowest BCUT2D eigenvalue weighted by Gasteiger charge is -2.32. The zero-order chi connectivity index (χ0) is 16.1. The molecule has 2 amide bonds. The summed E-state index contributed by atoms with van der Waals surface area (Å²) in [6.45, 7) is 2.25. The van der Waals surface area contributed by atoms with Crippen LogP contribution in [0.2, 0.25) is 5.02 Å². The van der Waals surface area contributed by atoms with E-state index in [1.807, 2.05) is 4.90 Å². The summed E-state index contributed by atoms with van der Waals surface area (Å²) in [5, 5.41) is 3.70. The summed E-state index contributed by atoms with van der Waals surface area (Å²) < 4.78 is 5.79. The number of piperidine rings is 1. The maximum absolute atomic E-state index is 12.2. The van der Waals surface area contributed by atoms with Crippen molar-refractivity contribution in [2.45, 2.75) is 44.6 Å². The van der Waals surface area contributed by atoms with Gasteiger partial charge in [0.25, 0.3) is 0 Å². The molecule has 23 heavy (non-hydrogen) atoms. The molecule has 5 nitrogen and oxygen atoms in total. The Balaban J connectivity index is 1.39. The van der Waals surface area contributed by atoms with Crippen molar-refractivity contribution in [1.29, 1.82) is 0 Å². The number of rotatable bonds is 4. The molecule has 0 spiro atoms. The summed E-state index contributed by atoms with van der Waals surface area (Å²) in [7, 11) is 0. The van der Waals surface area contributed by atoms with Crippen LogP contribution in [-0.4, -0.2) is 41.7 Å². The minimum atomic E-state index is 0.105. The van der Waals surface area contributed by atoms with Crippen molar-refractivity contribution in [3.05, 3.63) is 23.5 Å². The molecule has 0 unspecified atom stereocenters. The number of aromatic nitrogens is 1. The van der Waals surface area contributed by atoms with Gasteiger partial charge in [-0.15, -0.1) is 0 Å². The number of hydrogen-bond donors (Lipinski definition) is 1. The molecule has 1 saturated heterocycles. The predicted octanol–water partition coefficient (Wildman–Crippen LogP) is 3.48. The minimum Gasteiger partial charge on any atom is -0.492 e. The van der Waals surface area contributed by atoms with Crippen molar-refractivity contribution in [2.24, 2.45) is 5.92 Å². The summed E-state index contributed by atoms with van der Waals surface area (Å²) in [6, 6.07) is 2.28. The highest BCUT2D eigenvalue weighted by atomic mass is 35.5. The summed E-state index contributed by atoms with van der Waals surface area (Å²) >= 11 is 6.04. The number of pyridine rings is 1. The lowest BCUT2D eigenvalue weighted by molar-refractivity contribution is 0.143. The van der Waals surface area contributed by atoms with Crippen LogP contribution in [0, 0.1) is 5.92 Å². The van der Waals surface area contributed by atoms with Crippen molar-refractivity contribution in [3.63, 3.8) is 0 Å². The van der Waals surface area contributed by atoms with Crippen molar-refractivity contribution in [3.8, 4) is 5.75 Å². The fourth-order valence-corrected chi connectivity index (χ4v) is 3.50. The van der Waals surface area contributed by atoms with Crippen LogP contribution < -0.4 is 10.1 Å². The second kappa shape index (κ2) is 7.86. The van der Waals surface area contributed by atoms with Gasteiger partial charge in [-0.1, -0.05) is 24.4 Å². The normalized spacial score (nSPS) is 19.8. The van der Waals surface area contributed by atoms with E-state index in [-0.39, 0.29) is 6.03 Å². The Morgan fingerprint density at radius 1 is 1.30 bits per heavy atom. The molecule has 1 N–H and O–H groups in total. The van der Waals surface area contributed by atoms with Gasteiger partial charge in [-0.3, -0.25) is 4.98 Å². The third-order valence-electron chi connectivity index (χ3n) is 4.79. The van der Waals surface area contributed by atoms with Crippen molar-refractivity contribution >= 4 is 17.6 Å². The van der Waals surface area contributed by atoms with Gasteiger partial charge in [0.2, 0.25) is 0 Å². The molecule has 1 saturated carbocycles. The minimum absolute atomic E-state index is 0.105. The van der Waals surface area contributed by atoms with E-state index in [0.717, 1.165) is 38.8 Å². The van der Waals surface area contributed by atoms with Gasteiger partial charge >= 0.3 is 6.03 Å². The highest BCUT2D eigenvalue weighted by Gasteiger charge is 2.25. The number of halogens is 1. The molecular formula is C17H24ClN3O2. The van der Waals surface area contributed by atoms with Crippen LogP contribution >= 0.6 is 11.6 Å². The zero-order valence-electron chi connectivity index (χ0n) is 13.3. The van der Waals surface area contributed by atoms with Gasteiger partial charge in [0.05, 0.1) is 6.61 Å². The van der Waals surface area contributed by atoms with Crippen LogP contribution in [0.1, 0.15) is 38.5 Å². The van der Waals surface area contributed by atoms with Crippen LogP contribution in [-0.2, 0) is 0 Å². The average Bonchev–Trinajstić information content (AvgIpc) is 3.07. The number of carbonyl (C=O) groups is 1. The van der Waals surface area contributed by atoms with Crippen LogP contribution in [0.15, 0.2) is 18.5 Å². The number of nitrogens with zero attached hydrogens (tertiary/aromatic N) is 2. The Morgan fingerprint density at radius 3 is 2.74 bits per heavy atom. The molecule has 6 heteroatoms. The fraction of sp³-hybridized carbons (Fsp3) is 0.647. The third-order valence-corrected chi connectivity index (χ3v) is 5.08. The van der Waals surface area contributed by atoms with Crippen LogP contribution in [0.25, 0.3) is 0 Å². The number of hydrogen-bond acceptors (Lipinski definition) is 3. The van der Waals surface area contributed by atoms with Crippen molar-refractivity contribution in [1.82, 2.24) is 15.2 Å². The van der Waals surface area contributed by atoms with E-state index < -0.39 is 0 Å². The molecule has 0 atom stereocenters. The molecule has 1 aliphatic carbocycles. The van der Waals surface area contributed by atoms with Crippen molar-refractivity contribution < 1.29 is 9.53 Å². The van der Waals surface area contributed by atoms with E-state index in [4.69, 9.17) is 16.3 Å². The second-order valence-electron chi connectivity index (χ2n) is 6.48. The Kier molecular flexibility index (Phi) is 5.60. The van der Waals surface area contributed by atoms with Gasteiger partial charge in [0.15, 0.2) is 0 Å². The smallest absolute Gasteiger partial charge is 0.317 e.